The van der Waals surface area contributed by atoms with Crippen molar-refractivity contribution >= 4 is 62.8 Å². The molecule has 0 aliphatic carbocycles. The SMILES string of the molecule is CCCCS(=O)(=O)N(c1cc(Cc2ccc(N)c(N(S(=O)(=O)CCCC)S(=O)(=O)CCCC)c2)ccc1N)S(=O)(=O)CCCC. The van der Waals surface area contributed by atoms with Crippen molar-refractivity contribution in [2.45, 2.75) is 85.5 Å². The molecule has 16 heteroatoms. The lowest BCUT2D eigenvalue weighted by Crippen LogP contribution is -2.40. The van der Waals surface area contributed by atoms with Gasteiger partial charge in [0.1, 0.15) is 0 Å². The number of unbranched alkanes of at least 4 members (excludes halogenated alkanes) is 4. The van der Waals surface area contributed by atoms with E-state index in [0.29, 0.717) is 44.2 Å². The summed E-state index contributed by atoms with van der Waals surface area (Å²) in [5, 5.41) is 0. The zero-order valence-electron chi connectivity index (χ0n) is 26.6. The first-order chi connectivity index (χ1) is 21.0. The van der Waals surface area contributed by atoms with Gasteiger partial charge in [0, 0.05) is 0 Å². The van der Waals surface area contributed by atoms with Gasteiger partial charge in [-0.15, -0.1) is 0 Å². The first kappa shape index (κ1) is 38.6. The smallest absolute Gasteiger partial charge is 0.248 e. The quantitative estimate of drug-likeness (QED) is 0.184. The van der Waals surface area contributed by atoms with E-state index in [9.17, 15) is 33.7 Å². The Morgan fingerprint density at radius 2 is 0.756 bits per heavy atom. The van der Waals surface area contributed by atoms with Crippen LogP contribution in [0.4, 0.5) is 22.7 Å². The first-order valence-electron chi connectivity index (χ1n) is 15.3. The normalized spacial score (nSPS) is 12.7. The second-order valence-electron chi connectivity index (χ2n) is 11.0. The Bertz CT molecular complexity index is 1520. The minimum absolute atomic E-state index is 0.0490. The van der Waals surface area contributed by atoms with Crippen LogP contribution in [0.1, 0.15) is 90.2 Å². The molecule has 2 aromatic carbocycles. The van der Waals surface area contributed by atoms with Crippen LogP contribution in [0.15, 0.2) is 36.4 Å². The van der Waals surface area contributed by atoms with Gasteiger partial charge in [0.25, 0.3) is 0 Å². The summed E-state index contributed by atoms with van der Waals surface area (Å²) in [4.78, 5) is 0. The van der Waals surface area contributed by atoms with Crippen LogP contribution in [-0.4, -0.2) is 56.7 Å². The van der Waals surface area contributed by atoms with Crippen molar-refractivity contribution in [2.75, 3.05) is 41.9 Å². The molecule has 0 saturated carbocycles. The fraction of sp³-hybridized carbons (Fsp3) is 0.586. The van der Waals surface area contributed by atoms with E-state index in [1.165, 1.54) is 24.3 Å². The molecule has 0 aromatic heterocycles. The number of hydrogen-bond acceptors (Lipinski definition) is 10. The van der Waals surface area contributed by atoms with Gasteiger partial charge >= 0.3 is 0 Å². The van der Waals surface area contributed by atoms with Crippen LogP contribution >= 0.6 is 0 Å². The van der Waals surface area contributed by atoms with E-state index >= 15 is 0 Å². The molecule has 0 spiro atoms. The zero-order valence-corrected chi connectivity index (χ0v) is 29.9. The molecule has 12 nitrogen and oxygen atoms in total. The number of rotatable bonds is 20. The molecule has 0 bridgehead atoms. The molecule has 4 N–H and O–H groups in total. The second kappa shape index (κ2) is 16.3. The van der Waals surface area contributed by atoms with E-state index < -0.39 is 40.1 Å². The highest BCUT2D eigenvalue weighted by atomic mass is 32.3. The van der Waals surface area contributed by atoms with Gasteiger partial charge in [-0.2, -0.15) is 7.42 Å². The summed E-state index contributed by atoms with van der Waals surface area (Å²) in [7, 11) is -17.2. The molecule has 0 saturated heterocycles. The topological polar surface area (TPSA) is 195 Å². The highest BCUT2D eigenvalue weighted by Crippen LogP contribution is 2.34. The van der Waals surface area contributed by atoms with Gasteiger partial charge in [0.2, 0.25) is 40.1 Å². The molecule has 45 heavy (non-hydrogen) atoms. The van der Waals surface area contributed by atoms with Crippen LogP contribution < -0.4 is 18.9 Å². The Morgan fingerprint density at radius 3 is 1.00 bits per heavy atom. The minimum Gasteiger partial charge on any atom is -0.397 e. The molecule has 0 aliphatic heterocycles. The van der Waals surface area contributed by atoms with E-state index in [4.69, 9.17) is 11.5 Å². The Kier molecular flexibility index (Phi) is 14.0. The van der Waals surface area contributed by atoms with Crippen molar-refractivity contribution in [1.29, 1.82) is 0 Å². The molecule has 0 unspecified atom stereocenters. The van der Waals surface area contributed by atoms with Crippen molar-refractivity contribution in [3.8, 4) is 0 Å². The third kappa shape index (κ3) is 10.2. The van der Waals surface area contributed by atoms with E-state index in [1.54, 1.807) is 39.8 Å². The summed E-state index contributed by atoms with van der Waals surface area (Å²) in [5.41, 5.74) is 12.8. The number of anilines is 4. The van der Waals surface area contributed by atoms with Crippen molar-refractivity contribution < 1.29 is 33.7 Å². The second-order valence-corrected chi connectivity index (χ2v) is 19.2. The number of hydrogen-bond donors (Lipinski definition) is 2. The fourth-order valence-electron chi connectivity index (χ4n) is 4.53. The molecule has 2 rings (SSSR count). The first-order valence-corrected chi connectivity index (χ1v) is 21.7. The Hall–Kier alpha value is -2.56. The average molecular weight is 709 g/mol. The molecule has 2 aromatic rings. The van der Waals surface area contributed by atoms with Crippen LogP contribution in [-0.2, 0) is 46.5 Å². The van der Waals surface area contributed by atoms with Crippen molar-refractivity contribution in [1.82, 2.24) is 0 Å². The molecule has 0 atom stereocenters. The van der Waals surface area contributed by atoms with Gasteiger partial charge in [-0.1, -0.05) is 65.5 Å². The van der Waals surface area contributed by atoms with E-state index in [0.717, 1.165) is 0 Å². The van der Waals surface area contributed by atoms with Gasteiger partial charge in [0.05, 0.1) is 45.8 Å². The summed E-state index contributed by atoms with van der Waals surface area (Å²) < 4.78 is 108. The Balaban J connectivity index is 2.68. The van der Waals surface area contributed by atoms with Crippen molar-refractivity contribution in [3.05, 3.63) is 47.5 Å². The van der Waals surface area contributed by atoms with Gasteiger partial charge in [-0.05, 0) is 67.5 Å². The summed E-state index contributed by atoms with van der Waals surface area (Å²) in [6, 6.07) is 8.78. The number of sulfonamides is 4. The molecule has 0 heterocycles. The van der Waals surface area contributed by atoms with Crippen LogP contribution in [0.3, 0.4) is 0 Å². The maximum atomic E-state index is 13.4. The molecule has 0 aliphatic rings. The van der Waals surface area contributed by atoms with Crippen molar-refractivity contribution in [3.63, 3.8) is 0 Å². The lowest BCUT2D eigenvalue weighted by Gasteiger charge is -2.26. The van der Waals surface area contributed by atoms with Gasteiger partial charge in [-0.3, -0.25) is 0 Å². The molecule has 0 fully saturated rings. The fourth-order valence-corrected chi connectivity index (χ4v) is 13.3. The predicted molar refractivity (Wildman–Crippen MR) is 184 cm³/mol. The minimum atomic E-state index is -4.30. The third-order valence-electron chi connectivity index (χ3n) is 7.03. The lowest BCUT2D eigenvalue weighted by molar-refractivity contribution is 0.577. The summed E-state index contributed by atoms with van der Waals surface area (Å²) in [5.74, 6) is -1.52. The Morgan fingerprint density at radius 1 is 0.489 bits per heavy atom. The maximum absolute atomic E-state index is 13.4. The standard InChI is InChI=1S/C29H48N4O8S4/c1-5-9-17-42(34,35)32(43(36,37)18-10-6-2)28-22-24(13-15-26(28)30)21-25-14-16-27(31)29(23-25)33(44(38,39)19-11-7-3)45(40,41)20-12-8-4/h13-16,22-23H,5-12,17-21,30-31H2,1-4H3. The van der Waals surface area contributed by atoms with Gasteiger partial charge < -0.3 is 11.5 Å². The summed E-state index contributed by atoms with van der Waals surface area (Å²) >= 11 is 0. The monoisotopic (exact) mass is 708 g/mol. The van der Waals surface area contributed by atoms with Crippen LogP contribution in [0.5, 0.6) is 0 Å². The highest BCUT2D eigenvalue weighted by Gasteiger charge is 2.36. The number of nitrogens with two attached hydrogens (primary N) is 2. The van der Waals surface area contributed by atoms with Gasteiger partial charge in [0.15, 0.2) is 0 Å². The maximum Gasteiger partial charge on any atom is 0.248 e. The molecule has 0 radical (unpaired) electrons. The molecular formula is C29H48N4O8S4. The zero-order chi connectivity index (χ0) is 34.1. The van der Waals surface area contributed by atoms with Crippen LogP contribution in [0.25, 0.3) is 0 Å². The van der Waals surface area contributed by atoms with Gasteiger partial charge in [-0.25, -0.2) is 33.7 Å². The summed E-state index contributed by atoms with van der Waals surface area (Å²) in [6.07, 6.45) is 3.25. The third-order valence-corrected chi connectivity index (χ3v) is 15.8. The van der Waals surface area contributed by atoms with E-state index in [1.807, 2.05) is 0 Å². The Labute approximate surface area is 270 Å². The highest BCUT2D eigenvalue weighted by molar-refractivity contribution is 8.10. The average Bonchev–Trinajstić information content (AvgIpc) is 2.96. The van der Waals surface area contributed by atoms with Crippen molar-refractivity contribution in [2.24, 2.45) is 0 Å². The van der Waals surface area contributed by atoms with E-state index in [-0.39, 0.29) is 77.9 Å². The van der Waals surface area contributed by atoms with E-state index in [2.05, 4.69) is 0 Å². The summed E-state index contributed by atoms with van der Waals surface area (Å²) in [6.45, 7) is 7.19. The molecule has 256 valence electrons. The number of benzene rings is 2. The van der Waals surface area contributed by atoms with Crippen LogP contribution in [0.2, 0.25) is 0 Å². The largest absolute Gasteiger partial charge is 0.397 e. The molecular weight excluding hydrogens is 661 g/mol. The molecule has 0 amide bonds. The predicted octanol–water partition coefficient (Wildman–Crippen LogP) is 4.57. The number of nitrogen functional groups attached to an aromatic ring is 2. The number of nitrogens with zero attached hydrogens (tertiary/aromatic N) is 2. The van der Waals surface area contributed by atoms with Crippen LogP contribution in [0, 0.1) is 0 Å². The lowest BCUT2D eigenvalue weighted by atomic mass is 10.0.